The summed E-state index contributed by atoms with van der Waals surface area (Å²) in [7, 11) is 1.65. The van der Waals surface area contributed by atoms with Gasteiger partial charge in [0.1, 0.15) is 5.75 Å². The summed E-state index contributed by atoms with van der Waals surface area (Å²) in [6.07, 6.45) is 0.780. The Kier molecular flexibility index (Phi) is 2.45. The maximum Gasteiger partial charge on any atom is 0.118 e. The molecular formula is C10H14O. The summed E-state index contributed by atoms with van der Waals surface area (Å²) in [6, 6.07) is 7.86. The van der Waals surface area contributed by atoms with Crippen molar-refractivity contribution in [2.75, 3.05) is 7.11 Å². The third-order valence-corrected chi connectivity index (χ3v) is 1.60. The van der Waals surface area contributed by atoms with Crippen LogP contribution in [-0.4, -0.2) is 7.11 Å². The van der Waals surface area contributed by atoms with E-state index in [0.717, 1.165) is 12.2 Å². The largest absolute Gasteiger partial charge is 0.497 e. The Hall–Kier alpha value is -0.980. The van der Waals surface area contributed by atoms with E-state index in [1.165, 1.54) is 5.56 Å². The van der Waals surface area contributed by atoms with Crippen LogP contribution in [0, 0.1) is 0 Å². The minimum Gasteiger partial charge on any atom is -0.497 e. The molecule has 0 amide bonds. The van der Waals surface area contributed by atoms with Crippen molar-refractivity contribution in [2.24, 2.45) is 0 Å². The average molecular weight is 151 g/mol. The number of aryl methyl sites for hydroxylation is 1. The van der Waals surface area contributed by atoms with Gasteiger partial charge in [0.2, 0.25) is 0 Å². The molecule has 1 nitrogen and oxygen atoms in total. The fourth-order valence-electron chi connectivity index (χ4n) is 0.997. The molecule has 0 heterocycles. The quantitative estimate of drug-likeness (QED) is 0.645. The van der Waals surface area contributed by atoms with E-state index < -0.39 is 0 Å². The highest BCUT2D eigenvalue weighted by atomic mass is 16.5. The van der Waals surface area contributed by atoms with Gasteiger partial charge in [-0.15, -0.1) is 0 Å². The van der Waals surface area contributed by atoms with Gasteiger partial charge in [-0.2, -0.15) is 0 Å². The topological polar surface area (TPSA) is 9.23 Å². The molecule has 1 aromatic carbocycles. The molecule has 0 fully saturated rings. The van der Waals surface area contributed by atoms with E-state index in [1.807, 2.05) is 31.2 Å². The van der Waals surface area contributed by atoms with Crippen LogP contribution < -0.4 is 4.74 Å². The van der Waals surface area contributed by atoms with E-state index in [1.54, 1.807) is 7.11 Å². The first-order chi connectivity index (χ1) is 5.72. The maximum atomic E-state index is 7.38. The van der Waals surface area contributed by atoms with Gasteiger partial charge in [0.05, 0.1) is 7.11 Å². The molecule has 60 valence electrons. The summed E-state index contributed by atoms with van der Waals surface area (Å²) in [5.74, 6) is 0.872. The van der Waals surface area contributed by atoms with Gasteiger partial charge in [-0.25, -0.2) is 0 Å². The zero-order valence-corrected chi connectivity index (χ0v) is 7.00. The van der Waals surface area contributed by atoms with Crippen LogP contribution in [0.3, 0.4) is 0 Å². The molecule has 1 unspecified atom stereocenters. The van der Waals surface area contributed by atoms with Crippen molar-refractivity contribution < 1.29 is 6.11 Å². The first kappa shape index (κ1) is 6.71. The van der Waals surface area contributed by atoms with Gasteiger partial charge in [0.25, 0.3) is 0 Å². The van der Waals surface area contributed by atoms with Crippen LogP contribution in [-0.2, 0) is 6.42 Å². The van der Waals surface area contributed by atoms with Crippen molar-refractivity contribution in [3.05, 3.63) is 29.8 Å². The fourth-order valence-corrected chi connectivity index (χ4v) is 0.997. The van der Waals surface area contributed by atoms with E-state index >= 15 is 0 Å². The molecule has 0 aromatic heterocycles. The number of methoxy groups -OCH3 is 1. The van der Waals surface area contributed by atoms with E-state index in [4.69, 9.17) is 6.11 Å². The number of hydrogen-bond donors (Lipinski definition) is 0. The molecule has 0 aliphatic carbocycles. The minimum atomic E-state index is -0.0293. The Bertz CT molecular complexity index is 228. The van der Waals surface area contributed by atoms with Crippen molar-refractivity contribution in [3.8, 4) is 5.75 Å². The molecule has 0 spiro atoms. The van der Waals surface area contributed by atoms with Crippen molar-refractivity contribution in [1.82, 2.24) is 0 Å². The van der Waals surface area contributed by atoms with Crippen LogP contribution in [0.1, 0.15) is 20.3 Å². The molecule has 0 bridgehead atoms. The van der Waals surface area contributed by atoms with Crippen LogP contribution in [0.15, 0.2) is 24.3 Å². The molecule has 1 atom stereocenters. The third-order valence-electron chi connectivity index (χ3n) is 1.60. The van der Waals surface area contributed by atoms with Gasteiger partial charge in [0.15, 0.2) is 0 Å². The van der Waals surface area contributed by atoms with E-state index in [-0.39, 0.29) is 6.40 Å². The molecule has 0 saturated heterocycles. The average Bonchev–Trinajstić information content (AvgIpc) is 2.05. The van der Waals surface area contributed by atoms with Crippen LogP contribution in [0.25, 0.3) is 0 Å². The second kappa shape index (κ2) is 4.02. The van der Waals surface area contributed by atoms with Gasteiger partial charge in [-0.05, 0) is 24.1 Å². The predicted octanol–water partition coefficient (Wildman–Crippen LogP) is 2.65. The lowest BCUT2D eigenvalue weighted by Crippen LogP contribution is -1.84. The van der Waals surface area contributed by atoms with Crippen molar-refractivity contribution in [1.29, 1.82) is 0 Å². The molecule has 1 aromatic rings. The summed E-state index contributed by atoms with van der Waals surface area (Å²) in [6.45, 7) is 1.89. The monoisotopic (exact) mass is 151 g/mol. The normalized spacial score (nSPS) is 13.8. The van der Waals surface area contributed by atoms with Crippen molar-refractivity contribution >= 4 is 0 Å². The van der Waals surface area contributed by atoms with Gasteiger partial charge >= 0.3 is 0 Å². The Labute approximate surface area is 69.4 Å². The van der Waals surface area contributed by atoms with Gasteiger partial charge in [-0.1, -0.05) is 25.5 Å². The number of hydrogen-bond acceptors (Lipinski definition) is 1. The number of benzene rings is 1. The number of rotatable bonds is 3. The number of ether oxygens (including phenoxy) is 1. The van der Waals surface area contributed by atoms with E-state index in [2.05, 4.69) is 0 Å². The zero-order valence-electron chi connectivity index (χ0n) is 8.00. The second-order valence-electron chi connectivity index (χ2n) is 2.46. The lowest BCUT2D eigenvalue weighted by molar-refractivity contribution is 0.414. The second-order valence-corrected chi connectivity index (χ2v) is 2.46. The Morgan fingerprint density at radius 2 is 2.00 bits per heavy atom. The van der Waals surface area contributed by atoms with Crippen LogP contribution in [0.4, 0.5) is 0 Å². The molecule has 0 radical (unpaired) electrons. The van der Waals surface area contributed by atoms with E-state index in [9.17, 15) is 0 Å². The smallest absolute Gasteiger partial charge is 0.118 e. The van der Waals surface area contributed by atoms with Crippen molar-refractivity contribution in [2.45, 2.75) is 19.7 Å². The summed E-state index contributed by atoms with van der Waals surface area (Å²) >= 11 is 0. The first-order valence-electron chi connectivity index (χ1n) is 4.35. The predicted molar refractivity (Wildman–Crippen MR) is 47.0 cm³/mol. The fraction of sp³-hybridized carbons (Fsp3) is 0.400. The standard InChI is InChI=1S/C10H14O/c1-3-4-9-5-7-10(11-2)8-6-9/h5-8H,3-4H2,1-2H3/i3D. The molecule has 0 aliphatic heterocycles. The SMILES string of the molecule is [2H]C(C)Cc1ccc(OC)cc1. The Balaban J connectivity index is 2.65. The lowest BCUT2D eigenvalue weighted by atomic mass is 10.1. The Morgan fingerprint density at radius 3 is 2.45 bits per heavy atom. The zero-order chi connectivity index (χ0) is 8.97. The lowest BCUT2D eigenvalue weighted by Gasteiger charge is -2.00. The summed E-state index contributed by atoms with van der Waals surface area (Å²) in [4.78, 5) is 0. The molecule has 0 saturated carbocycles. The minimum absolute atomic E-state index is 0.0293. The summed E-state index contributed by atoms with van der Waals surface area (Å²) in [5, 5.41) is 0. The molecule has 0 aliphatic rings. The highest BCUT2D eigenvalue weighted by Crippen LogP contribution is 2.11. The van der Waals surface area contributed by atoms with Gasteiger partial charge in [0, 0.05) is 1.37 Å². The van der Waals surface area contributed by atoms with E-state index in [0.29, 0.717) is 0 Å². The third kappa shape index (κ3) is 2.26. The highest BCUT2D eigenvalue weighted by molar-refractivity contribution is 5.27. The molecule has 11 heavy (non-hydrogen) atoms. The molecule has 1 heteroatoms. The highest BCUT2D eigenvalue weighted by Gasteiger charge is 1.91. The van der Waals surface area contributed by atoms with Gasteiger partial charge in [-0.3, -0.25) is 0 Å². The van der Waals surface area contributed by atoms with Crippen LogP contribution in [0.5, 0.6) is 5.75 Å². The summed E-state index contributed by atoms with van der Waals surface area (Å²) < 4.78 is 12.4. The first-order valence-corrected chi connectivity index (χ1v) is 3.77. The molecular weight excluding hydrogens is 136 g/mol. The molecule has 0 N–H and O–H groups in total. The van der Waals surface area contributed by atoms with Gasteiger partial charge < -0.3 is 4.74 Å². The van der Waals surface area contributed by atoms with Crippen molar-refractivity contribution in [3.63, 3.8) is 0 Å². The maximum absolute atomic E-state index is 7.38. The molecule has 1 rings (SSSR count). The van der Waals surface area contributed by atoms with Crippen LogP contribution in [0.2, 0.25) is 0 Å². The Morgan fingerprint density at radius 1 is 1.36 bits per heavy atom. The summed E-state index contributed by atoms with van der Waals surface area (Å²) in [5.41, 5.74) is 1.19. The van der Waals surface area contributed by atoms with Crippen LogP contribution >= 0.6 is 0 Å².